The first-order chi connectivity index (χ1) is 10.5. The standard InChI is InChI=1S/C16H23N3O2S/c1-11-3-4-13(16(21)19-5-7-22-8-6-19)9-14(11)18-15(20)12(2)10-17/h3-4,9,12H,5-8,10,17H2,1-2H3,(H,18,20). The minimum Gasteiger partial charge on any atom is -0.337 e. The molecule has 0 saturated carbocycles. The highest BCUT2D eigenvalue weighted by atomic mass is 32.2. The molecule has 0 aromatic heterocycles. The lowest BCUT2D eigenvalue weighted by atomic mass is 10.1. The van der Waals surface area contributed by atoms with Crippen LogP contribution < -0.4 is 11.1 Å². The van der Waals surface area contributed by atoms with Gasteiger partial charge in [0.2, 0.25) is 5.91 Å². The van der Waals surface area contributed by atoms with Gasteiger partial charge < -0.3 is 16.0 Å². The number of thioether (sulfide) groups is 1. The molecule has 1 aromatic carbocycles. The van der Waals surface area contributed by atoms with Crippen LogP contribution in [0.4, 0.5) is 5.69 Å². The number of hydrogen-bond donors (Lipinski definition) is 2. The zero-order chi connectivity index (χ0) is 16.1. The van der Waals surface area contributed by atoms with E-state index in [2.05, 4.69) is 5.32 Å². The van der Waals surface area contributed by atoms with Gasteiger partial charge >= 0.3 is 0 Å². The monoisotopic (exact) mass is 321 g/mol. The van der Waals surface area contributed by atoms with E-state index in [9.17, 15) is 9.59 Å². The molecule has 22 heavy (non-hydrogen) atoms. The summed E-state index contributed by atoms with van der Waals surface area (Å²) >= 11 is 1.87. The number of nitrogens with one attached hydrogen (secondary N) is 1. The summed E-state index contributed by atoms with van der Waals surface area (Å²) in [5.74, 6) is 1.62. The number of nitrogens with zero attached hydrogens (tertiary/aromatic N) is 1. The van der Waals surface area contributed by atoms with Crippen LogP contribution in [0.15, 0.2) is 18.2 Å². The molecule has 1 saturated heterocycles. The van der Waals surface area contributed by atoms with Crippen molar-refractivity contribution in [2.24, 2.45) is 11.7 Å². The molecule has 1 aromatic rings. The van der Waals surface area contributed by atoms with Crippen LogP contribution in [0.2, 0.25) is 0 Å². The van der Waals surface area contributed by atoms with Gasteiger partial charge in [0.1, 0.15) is 0 Å². The molecule has 3 N–H and O–H groups in total. The Labute approximate surface area is 135 Å². The summed E-state index contributed by atoms with van der Waals surface area (Å²) in [6.45, 7) is 5.56. The highest BCUT2D eigenvalue weighted by Gasteiger charge is 2.19. The van der Waals surface area contributed by atoms with E-state index >= 15 is 0 Å². The van der Waals surface area contributed by atoms with Crippen LogP contribution >= 0.6 is 11.8 Å². The maximum Gasteiger partial charge on any atom is 0.253 e. The number of anilines is 1. The Bertz CT molecular complexity index is 556. The second kappa shape index (κ2) is 7.65. The van der Waals surface area contributed by atoms with Gasteiger partial charge in [-0.3, -0.25) is 9.59 Å². The molecule has 5 nitrogen and oxygen atoms in total. The van der Waals surface area contributed by atoms with Crippen molar-refractivity contribution in [3.8, 4) is 0 Å². The minimum absolute atomic E-state index is 0.0303. The zero-order valence-electron chi connectivity index (χ0n) is 13.1. The number of hydrogen-bond acceptors (Lipinski definition) is 4. The molecule has 1 aliphatic heterocycles. The highest BCUT2D eigenvalue weighted by molar-refractivity contribution is 7.99. The fraction of sp³-hybridized carbons (Fsp3) is 0.500. The molecule has 0 radical (unpaired) electrons. The van der Waals surface area contributed by atoms with Crippen LogP contribution in [0.3, 0.4) is 0 Å². The molecule has 6 heteroatoms. The summed E-state index contributed by atoms with van der Waals surface area (Å²) in [5.41, 5.74) is 7.75. The van der Waals surface area contributed by atoms with Crippen molar-refractivity contribution in [1.82, 2.24) is 4.90 Å². The average molecular weight is 321 g/mol. The molecule has 1 atom stereocenters. The van der Waals surface area contributed by atoms with Crippen LogP contribution in [-0.4, -0.2) is 47.9 Å². The predicted molar refractivity (Wildman–Crippen MR) is 91.3 cm³/mol. The Morgan fingerprint density at radius 1 is 1.36 bits per heavy atom. The number of amides is 2. The summed E-state index contributed by atoms with van der Waals surface area (Å²) in [5, 5.41) is 2.87. The molecular weight excluding hydrogens is 298 g/mol. The molecule has 0 spiro atoms. The van der Waals surface area contributed by atoms with E-state index in [0.29, 0.717) is 17.8 Å². The Hall–Kier alpha value is -1.53. The fourth-order valence-electron chi connectivity index (χ4n) is 2.20. The highest BCUT2D eigenvalue weighted by Crippen LogP contribution is 2.20. The van der Waals surface area contributed by atoms with Crippen molar-refractivity contribution < 1.29 is 9.59 Å². The SMILES string of the molecule is Cc1ccc(C(=O)N2CCSCC2)cc1NC(=O)C(C)CN. The van der Waals surface area contributed by atoms with Crippen LogP contribution in [0, 0.1) is 12.8 Å². The van der Waals surface area contributed by atoms with Crippen molar-refractivity contribution in [3.05, 3.63) is 29.3 Å². The third kappa shape index (κ3) is 4.01. The summed E-state index contributed by atoms with van der Waals surface area (Å²) in [4.78, 5) is 26.4. The van der Waals surface area contributed by atoms with Gasteiger partial charge in [-0.25, -0.2) is 0 Å². The van der Waals surface area contributed by atoms with Crippen LogP contribution in [0.25, 0.3) is 0 Å². The predicted octanol–water partition coefficient (Wildman–Crippen LogP) is 1.72. The Kier molecular flexibility index (Phi) is 5.85. The van der Waals surface area contributed by atoms with Gasteiger partial charge in [0.25, 0.3) is 5.91 Å². The molecule has 1 heterocycles. The summed E-state index contributed by atoms with van der Waals surface area (Å²) < 4.78 is 0. The van der Waals surface area contributed by atoms with Crippen molar-refractivity contribution in [2.45, 2.75) is 13.8 Å². The van der Waals surface area contributed by atoms with Crippen molar-refractivity contribution >= 4 is 29.3 Å². The van der Waals surface area contributed by atoms with Gasteiger partial charge in [0, 0.05) is 48.3 Å². The minimum atomic E-state index is -0.252. The van der Waals surface area contributed by atoms with Gasteiger partial charge in [-0.15, -0.1) is 0 Å². The molecule has 1 fully saturated rings. The third-order valence-corrected chi connectivity index (χ3v) is 4.78. The van der Waals surface area contributed by atoms with E-state index in [1.165, 1.54) is 0 Å². The fourth-order valence-corrected chi connectivity index (χ4v) is 3.10. The van der Waals surface area contributed by atoms with Crippen molar-refractivity contribution in [2.75, 3.05) is 36.5 Å². The van der Waals surface area contributed by atoms with Gasteiger partial charge in [-0.05, 0) is 24.6 Å². The topological polar surface area (TPSA) is 75.4 Å². The van der Waals surface area contributed by atoms with E-state index < -0.39 is 0 Å². The Morgan fingerprint density at radius 2 is 2.05 bits per heavy atom. The number of carbonyl (C=O) groups is 2. The van der Waals surface area contributed by atoms with E-state index in [0.717, 1.165) is 30.2 Å². The van der Waals surface area contributed by atoms with Crippen molar-refractivity contribution in [3.63, 3.8) is 0 Å². The van der Waals surface area contributed by atoms with Crippen LogP contribution in [0.5, 0.6) is 0 Å². The van der Waals surface area contributed by atoms with E-state index in [4.69, 9.17) is 5.73 Å². The normalized spacial score (nSPS) is 16.2. The quantitative estimate of drug-likeness (QED) is 0.885. The Morgan fingerprint density at radius 3 is 2.68 bits per heavy atom. The molecule has 120 valence electrons. The number of nitrogens with two attached hydrogens (primary N) is 1. The molecule has 0 aliphatic carbocycles. The summed E-state index contributed by atoms with van der Waals surface area (Å²) in [6.07, 6.45) is 0. The molecule has 2 rings (SSSR count). The maximum atomic E-state index is 12.5. The van der Waals surface area contributed by atoms with Crippen molar-refractivity contribution in [1.29, 1.82) is 0 Å². The number of benzene rings is 1. The van der Waals surface area contributed by atoms with Gasteiger partial charge in [-0.2, -0.15) is 11.8 Å². The molecule has 1 aliphatic rings. The van der Waals surface area contributed by atoms with Gasteiger partial charge in [-0.1, -0.05) is 13.0 Å². The number of rotatable bonds is 4. The van der Waals surface area contributed by atoms with E-state index in [1.807, 2.05) is 35.7 Å². The largest absolute Gasteiger partial charge is 0.337 e. The summed E-state index contributed by atoms with van der Waals surface area (Å²) in [6, 6.07) is 5.45. The zero-order valence-corrected chi connectivity index (χ0v) is 13.9. The molecule has 1 unspecified atom stereocenters. The van der Waals surface area contributed by atoms with E-state index in [1.54, 1.807) is 13.0 Å². The number of aryl methyl sites for hydroxylation is 1. The van der Waals surface area contributed by atoms with E-state index in [-0.39, 0.29) is 17.7 Å². The average Bonchev–Trinajstić information content (AvgIpc) is 2.56. The summed E-state index contributed by atoms with van der Waals surface area (Å²) in [7, 11) is 0. The molecule has 0 bridgehead atoms. The number of carbonyl (C=O) groups excluding carboxylic acids is 2. The first kappa shape index (κ1) is 16.8. The third-order valence-electron chi connectivity index (χ3n) is 3.84. The smallest absolute Gasteiger partial charge is 0.253 e. The van der Waals surface area contributed by atoms with Crippen LogP contribution in [0.1, 0.15) is 22.8 Å². The first-order valence-electron chi connectivity index (χ1n) is 7.51. The lowest BCUT2D eigenvalue weighted by Gasteiger charge is -2.26. The Balaban J connectivity index is 2.15. The van der Waals surface area contributed by atoms with Gasteiger partial charge in [0.15, 0.2) is 0 Å². The van der Waals surface area contributed by atoms with Crippen LogP contribution in [-0.2, 0) is 4.79 Å². The maximum absolute atomic E-state index is 12.5. The lowest BCUT2D eigenvalue weighted by Crippen LogP contribution is -2.38. The second-order valence-corrected chi connectivity index (χ2v) is 6.79. The molecular formula is C16H23N3O2S. The van der Waals surface area contributed by atoms with Gasteiger partial charge in [0.05, 0.1) is 0 Å². The molecule has 2 amide bonds. The second-order valence-electron chi connectivity index (χ2n) is 5.56. The lowest BCUT2D eigenvalue weighted by molar-refractivity contribution is -0.119. The first-order valence-corrected chi connectivity index (χ1v) is 8.67.